The van der Waals surface area contributed by atoms with Gasteiger partial charge in [0.25, 0.3) is 0 Å². The van der Waals surface area contributed by atoms with E-state index >= 15 is 0 Å². The predicted octanol–water partition coefficient (Wildman–Crippen LogP) is 1.73. The summed E-state index contributed by atoms with van der Waals surface area (Å²) in [5, 5.41) is 20.4. The third-order valence-electron chi connectivity index (χ3n) is 1.28. The Kier molecular flexibility index (Phi) is 2.82. The van der Waals surface area contributed by atoms with Crippen LogP contribution in [0.5, 0.6) is 0 Å². The van der Waals surface area contributed by atoms with Gasteiger partial charge in [0, 0.05) is 6.20 Å². The maximum Gasteiger partial charge on any atom is 0.410 e. The molecule has 0 spiro atoms. The molecule has 1 heterocycles. The molecule has 0 aromatic carbocycles. The zero-order valence-corrected chi connectivity index (χ0v) is 7.35. The normalized spacial score (nSPS) is 9.50. The average Bonchev–Trinajstić information content (AvgIpc) is 2.01. The Hall–Kier alpha value is -1.89. The third kappa shape index (κ3) is 2.07. The quantitative estimate of drug-likeness (QED) is 0.580. The Morgan fingerprint density at radius 1 is 1.71 bits per heavy atom. The van der Waals surface area contributed by atoms with E-state index in [9.17, 15) is 14.9 Å². The number of hydrogen-bond acceptors (Lipinski definition) is 4. The zero-order chi connectivity index (χ0) is 10.7. The summed E-state index contributed by atoms with van der Waals surface area (Å²) in [6.45, 7) is 0. The molecule has 0 fully saturated rings. The molecule has 0 aliphatic carbocycles. The number of halogens is 1. The summed E-state index contributed by atoms with van der Waals surface area (Å²) >= 11 is 5.49. The minimum atomic E-state index is -1.44. The smallest absolute Gasteiger partial charge is 0.410 e. The monoisotopic (exact) mass is 217 g/mol. The average molecular weight is 218 g/mol. The van der Waals surface area contributed by atoms with Crippen molar-refractivity contribution in [2.75, 3.05) is 5.32 Å². The van der Waals surface area contributed by atoms with E-state index < -0.39 is 22.5 Å². The molecule has 8 heteroatoms. The molecule has 0 unspecified atom stereocenters. The van der Waals surface area contributed by atoms with E-state index in [-0.39, 0.29) is 5.02 Å². The molecule has 2 N–H and O–H groups in total. The fourth-order valence-electron chi connectivity index (χ4n) is 0.797. The maximum atomic E-state index is 10.5. The van der Waals surface area contributed by atoms with Gasteiger partial charge in [-0.2, -0.15) is 0 Å². The van der Waals surface area contributed by atoms with Gasteiger partial charge in [-0.15, -0.1) is 0 Å². The summed E-state index contributed by atoms with van der Waals surface area (Å²) in [6, 6.07) is 1.20. The lowest BCUT2D eigenvalue weighted by atomic mass is 10.4. The van der Waals surface area contributed by atoms with Crippen LogP contribution in [0.3, 0.4) is 0 Å². The van der Waals surface area contributed by atoms with E-state index in [0.717, 1.165) is 0 Å². The largest absolute Gasteiger partial charge is 0.465 e. The van der Waals surface area contributed by atoms with Crippen LogP contribution in [0.25, 0.3) is 0 Å². The number of anilines is 1. The Bertz CT molecular complexity index is 395. The number of aromatic nitrogens is 1. The molecule has 0 saturated heterocycles. The standard InChI is InChI=1S/C6H4ClN3O4/c7-3-1-2-8-5(9-6(11)12)4(3)10(13)14/h1-2H,(H,8,9)(H,11,12). The molecule has 0 radical (unpaired) electrons. The third-order valence-corrected chi connectivity index (χ3v) is 1.59. The molecule has 0 aliphatic heterocycles. The number of nitrogens with one attached hydrogen (secondary N) is 1. The number of carboxylic acid groups (broad SMARTS) is 1. The highest BCUT2D eigenvalue weighted by molar-refractivity contribution is 6.33. The fraction of sp³-hybridized carbons (Fsp3) is 0. The molecule has 0 atom stereocenters. The van der Waals surface area contributed by atoms with E-state index in [1.54, 1.807) is 5.32 Å². The molecular weight excluding hydrogens is 214 g/mol. The zero-order valence-electron chi connectivity index (χ0n) is 6.60. The van der Waals surface area contributed by atoms with Crippen LogP contribution in [0.15, 0.2) is 12.3 Å². The lowest BCUT2D eigenvalue weighted by molar-refractivity contribution is -0.384. The number of carbonyl (C=O) groups is 1. The minimum Gasteiger partial charge on any atom is -0.465 e. The van der Waals surface area contributed by atoms with E-state index in [0.29, 0.717) is 0 Å². The van der Waals surface area contributed by atoms with Crippen molar-refractivity contribution in [2.24, 2.45) is 0 Å². The second-order valence-electron chi connectivity index (χ2n) is 2.18. The van der Waals surface area contributed by atoms with Gasteiger partial charge in [0.2, 0.25) is 5.82 Å². The van der Waals surface area contributed by atoms with E-state index in [2.05, 4.69) is 4.98 Å². The number of hydrogen-bond donors (Lipinski definition) is 2. The second kappa shape index (κ2) is 3.88. The number of nitro groups is 1. The number of amides is 1. The van der Waals surface area contributed by atoms with Gasteiger partial charge in [0.05, 0.1) is 4.92 Å². The van der Waals surface area contributed by atoms with Gasteiger partial charge in [0.15, 0.2) is 0 Å². The van der Waals surface area contributed by atoms with Gasteiger partial charge < -0.3 is 5.11 Å². The van der Waals surface area contributed by atoms with Crippen LogP contribution in [0.4, 0.5) is 16.3 Å². The number of nitrogens with zero attached hydrogens (tertiary/aromatic N) is 2. The molecule has 74 valence electrons. The van der Waals surface area contributed by atoms with Gasteiger partial charge in [-0.05, 0) is 6.07 Å². The summed E-state index contributed by atoms with van der Waals surface area (Å²) in [4.78, 5) is 23.4. The summed E-state index contributed by atoms with van der Waals surface area (Å²) in [7, 11) is 0. The molecule has 14 heavy (non-hydrogen) atoms. The Labute approximate surface area is 82.5 Å². The molecule has 0 aliphatic rings. The molecule has 1 aromatic rings. The first-order chi connectivity index (χ1) is 6.52. The van der Waals surface area contributed by atoms with Crippen molar-refractivity contribution in [3.8, 4) is 0 Å². The van der Waals surface area contributed by atoms with Crippen LogP contribution in [-0.2, 0) is 0 Å². The van der Waals surface area contributed by atoms with Crippen LogP contribution in [0.1, 0.15) is 0 Å². The van der Waals surface area contributed by atoms with Crippen molar-refractivity contribution >= 4 is 29.2 Å². The predicted molar refractivity (Wildman–Crippen MR) is 47.5 cm³/mol. The summed E-state index contributed by atoms with van der Waals surface area (Å²) in [5.41, 5.74) is -0.559. The minimum absolute atomic E-state index is 0.172. The molecule has 1 amide bonds. The molecule has 0 bridgehead atoms. The van der Waals surface area contributed by atoms with Crippen LogP contribution in [-0.4, -0.2) is 21.1 Å². The van der Waals surface area contributed by atoms with Crippen molar-refractivity contribution in [1.82, 2.24) is 4.98 Å². The van der Waals surface area contributed by atoms with Gasteiger partial charge in [-0.25, -0.2) is 9.78 Å². The highest BCUT2D eigenvalue weighted by atomic mass is 35.5. The van der Waals surface area contributed by atoms with Gasteiger partial charge >= 0.3 is 11.8 Å². The maximum absolute atomic E-state index is 10.5. The Morgan fingerprint density at radius 3 is 2.86 bits per heavy atom. The Morgan fingerprint density at radius 2 is 2.36 bits per heavy atom. The first-order valence-electron chi connectivity index (χ1n) is 3.31. The lowest BCUT2D eigenvalue weighted by Gasteiger charge is -2.01. The van der Waals surface area contributed by atoms with Crippen LogP contribution >= 0.6 is 11.6 Å². The molecule has 1 aromatic heterocycles. The van der Waals surface area contributed by atoms with E-state index in [1.807, 2.05) is 0 Å². The van der Waals surface area contributed by atoms with Crippen molar-refractivity contribution in [2.45, 2.75) is 0 Å². The molecular formula is C6H4ClN3O4. The van der Waals surface area contributed by atoms with E-state index in [1.165, 1.54) is 12.3 Å². The second-order valence-corrected chi connectivity index (χ2v) is 2.58. The lowest BCUT2D eigenvalue weighted by Crippen LogP contribution is -2.10. The van der Waals surface area contributed by atoms with Crippen LogP contribution in [0.2, 0.25) is 5.02 Å². The Balaban J connectivity index is 3.21. The summed E-state index contributed by atoms with van der Waals surface area (Å²) in [6.07, 6.45) is -0.275. The summed E-state index contributed by atoms with van der Waals surface area (Å²) in [5.74, 6) is -0.394. The fourth-order valence-corrected chi connectivity index (χ4v) is 1.01. The van der Waals surface area contributed by atoms with E-state index in [4.69, 9.17) is 16.7 Å². The highest BCUT2D eigenvalue weighted by Crippen LogP contribution is 2.29. The van der Waals surface area contributed by atoms with Crippen LogP contribution < -0.4 is 5.32 Å². The first-order valence-corrected chi connectivity index (χ1v) is 3.69. The van der Waals surface area contributed by atoms with Crippen molar-refractivity contribution in [3.63, 3.8) is 0 Å². The van der Waals surface area contributed by atoms with Gasteiger partial charge in [-0.1, -0.05) is 11.6 Å². The number of rotatable bonds is 2. The highest BCUT2D eigenvalue weighted by Gasteiger charge is 2.21. The number of pyridine rings is 1. The van der Waals surface area contributed by atoms with Gasteiger partial charge in [-0.3, -0.25) is 15.4 Å². The molecule has 0 saturated carbocycles. The van der Waals surface area contributed by atoms with Gasteiger partial charge in [0.1, 0.15) is 5.02 Å². The summed E-state index contributed by atoms with van der Waals surface area (Å²) < 4.78 is 0. The first kappa shape index (κ1) is 10.2. The molecule has 1 rings (SSSR count). The topological polar surface area (TPSA) is 105 Å². The van der Waals surface area contributed by atoms with Crippen molar-refractivity contribution in [1.29, 1.82) is 0 Å². The van der Waals surface area contributed by atoms with Crippen molar-refractivity contribution < 1.29 is 14.8 Å². The molecule has 7 nitrogen and oxygen atoms in total. The SMILES string of the molecule is O=C(O)Nc1nccc(Cl)c1[N+](=O)[O-]. The van der Waals surface area contributed by atoms with Crippen LogP contribution in [0, 0.1) is 10.1 Å². The van der Waals surface area contributed by atoms with Crippen molar-refractivity contribution in [3.05, 3.63) is 27.4 Å².